The molecule has 2 aliphatic rings. The monoisotopic (exact) mass is 342 g/mol. The van der Waals surface area contributed by atoms with Crippen LogP contribution >= 0.6 is 0 Å². The predicted molar refractivity (Wildman–Crippen MR) is 93.3 cm³/mol. The Morgan fingerprint density at radius 2 is 2.04 bits per heavy atom. The largest absolute Gasteiger partial charge is 0.453 e. The molecule has 0 saturated carbocycles. The maximum absolute atomic E-state index is 11.9. The van der Waals surface area contributed by atoms with Crippen LogP contribution in [0.1, 0.15) is 25.3 Å². The fourth-order valence-electron chi connectivity index (χ4n) is 3.83. The summed E-state index contributed by atoms with van der Waals surface area (Å²) in [6.07, 6.45) is 5.16. The minimum atomic E-state index is -0.690. The maximum Gasteiger partial charge on any atom is 0.407 e. The number of nitrogens with one attached hydrogen (secondary N) is 2. The van der Waals surface area contributed by atoms with Gasteiger partial charge in [0.25, 0.3) is 0 Å². The lowest BCUT2D eigenvalue weighted by Crippen LogP contribution is -2.52. The van der Waals surface area contributed by atoms with Gasteiger partial charge in [-0.1, -0.05) is 30.4 Å². The zero-order chi connectivity index (χ0) is 17.6. The molecular weight excluding hydrogens is 320 g/mol. The van der Waals surface area contributed by atoms with Gasteiger partial charge in [-0.25, -0.2) is 4.79 Å². The third-order valence-electron chi connectivity index (χ3n) is 4.86. The molecule has 0 bridgehead atoms. The van der Waals surface area contributed by atoms with Gasteiger partial charge in [-0.05, 0) is 25.5 Å². The van der Waals surface area contributed by atoms with Crippen LogP contribution in [-0.2, 0) is 14.2 Å². The molecule has 2 N–H and O–H groups in total. The Morgan fingerprint density at radius 1 is 1.24 bits per heavy atom. The van der Waals surface area contributed by atoms with Crippen molar-refractivity contribution < 1.29 is 19.0 Å². The molecule has 1 aliphatic carbocycles. The van der Waals surface area contributed by atoms with Crippen LogP contribution in [0.3, 0.4) is 0 Å². The molecule has 2 heterocycles. The summed E-state index contributed by atoms with van der Waals surface area (Å²) in [6.45, 7) is 3.77. The van der Waals surface area contributed by atoms with E-state index in [2.05, 4.69) is 22.4 Å². The highest BCUT2D eigenvalue weighted by atomic mass is 16.8. The number of aromatic amines is 1. The fourth-order valence-corrected chi connectivity index (χ4v) is 3.83. The van der Waals surface area contributed by atoms with Crippen molar-refractivity contribution in [3.63, 3.8) is 0 Å². The molecule has 1 amide bonds. The SMILES string of the molecule is COC(=O)N[C@H]1[C@@H]2OC(C)(C)O[C@@H]2C=C[C@@H]1c1c[nH]c2ccccc12. The van der Waals surface area contributed by atoms with Crippen LogP contribution in [0.2, 0.25) is 0 Å². The number of aromatic nitrogens is 1. The lowest BCUT2D eigenvalue weighted by Gasteiger charge is -2.34. The van der Waals surface area contributed by atoms with E-state index in [0.717, 1.165) is 16.5 Å². The number of alkyl carbamates (subject to hydrolysis) is 1. The van der Waals surface area contributed by atoms with E-state index in [1.807, 2.05) is 44.3 Å². The standard InChI is InChI=1S/C19H22N2O4/c1-19(2)24-15-9-8-12(16(17(15)25-19)21-18(22)23-3)13-10-20-14-7-5-4-6-11(13)14/h4-10,12,15-17,20H,1-3H3,(H,21,22)/t12-,15-,16-,17-/m1/s1. The number of methoxy groups -OCH3 is 1. The summed E-state index contributed by atoms with van der Waals surface area (Å²) < 4.78 is 16.9. The first-order valence-electron chi connectivity index (χ1n) is 8.43. The number of para-hydroxylation sites is 1. The van der Waals surface area contributed by atoms with Crippen LogP contribution in [0.4, 0.5) is 4.79 Å². The molecule has 1 saturated heterocycles. The van der Waals surface area contributed by atoms with E-state index in [0.29, 0.717) is 0 Å². The van der Waals surface area contributed by atoms with Crippen molar-refractivity contribution in [3.8, 4) is 0 Å². The van der Waals surface area contributed by atoms with Gasteiger partial charge in [0.15, 0.2) is 5.79 Å². The minimum Gasteiger partial charge on any atom is -0.453 e. The van der Waals surface area contributed by atoms with Crippen molar-refractivity contribution in [1.29, 1.82) is 0 Å². The molecule has 1 aromatic heterocycles. The molecule has 4 atom stereocenters. The smallest absolute Gasteiger partial charge is 0.407 e. The lowest BCUT2D eigenvalue weighted by atomic mass is 9.81. The number of benzene rings is 1. The Morgan fingerprint density at radius 3 is 2.84 bits per heavy atom. The Bertz CT molecular complexity index is 826. The summed E-state index contributed by atoms with van der Waals surface area (Å²) in [7, 11) is 1.36. The van der Waals surface area contributed by atoms with Gasteiger partial charge in [-0.3, -0.25) is 0 Å². The van der Waals surface area contributed by atoms with Crippen molar-refractivity contribution in [3.05, 3.63) is 48.2 Å². The first-order chi connectivity index (χ1) is 12.0. The molecular formula is C19H22N2O4. The molecule has 25 heavy (non-hydrogen) atoms. The topological polar surface area (TPSA) is 72.6 Å². The number of carbonyl (C=O) groups is 1. The molecule has 0 radical (unpaired) electrons. The maximum atomic E-state index is 11.9. The normalized spacial score (nSPS) is 30.2. The molecule has 6 heteroatoms. The van der Waals surface area contributed by atoms with Crippen molar-refractivity contribution in [2.75, 3.05) is 7.11 Å². The number of rotatable bonds is 2. The number of carbonyl (C=O) groups excluding carboxylic acids is 1. The summed E-state index contributed by atoms with van der Waals surface area (Å²) in [6, 6.07) is 7.83. The zero-order valence-electron chi connectivity index (χ0n) is 14.5. The molecule has 132 valence electrons. The number of hydrogen-bond acceptors (Lipinski definition) is 4. The molecule has 6 nitrogen and oxygen atoms in total. The number of H-pyrrole nitrogens is 1. The fraction of sp³-hybridized carbons (Fsp3) is 0.421. The zero-order valence-corrected chi connectivity index (χ0v) is 14.5. The summed E-state index contributed by atoms with van der Waals surface area (Å²) in [5, 5.41) is 4.08. The first-order valence-corrected chi connectivity index (χ1v) is 8.43. The summed E-state index contributed by atoms with van der Waals surface area (Å²) in [5.74, 6) is -0.737. The van der Waals surface area contributed by atoms with Crippen molar-refractivity contribution in [1.82, 2.24) is 10.3 Å². The predicted octanol–water partition coefficient (Wildman–Crippen LogP) is 3.07. The van der Waals surface area contributed by atoms with E-state index in [1.165, 1.54) is 7.11 Å². The number of hydrogen-bond donors (Lipinski definition) is 2. The van der Waals surface area contributed by atoms with Gasteiger partial charge in [0.1, 0.15) is 12.2 Å². The molecule has 1 aromatic carbocycles. The Kier molecular flexibility index (Phi) is 3.81. The van der Waals surface area contributed by atoms with Crippen molar-refractivity contribution in [2.45, 2.75) is 43.8 Å². The van der Waals surface area contributed by atoms with Crippen LogP contribution in [-0.4, -0.2) is 42.2 Å². The van der Waals surface area contributed by atoms with Gasteiger partial charge in [0.2, 0.25) is 0 Å². The van der Waals surface area contributed by atoms with E-state index in [4.69, 9.17) is 14.2 Å². The van der Waals surface area contributed by atoms with E-state index in [9.17, 15) is 4.79 Å². The second kappa shape index (κ2) is 5.89. The van der Waals surface area contributed by atoms with Gasteiger partial charge in [0, 0.05) is 23.0 Å². The van der Waals surface area contributed by atoms with E-state index in [-0.39, 0.29) is 24.2 Å². The first kappa shape index (κ1) is 16.2. The van der Waals surface area contributed by atoms with Crippen LogP contribution < -0.4 is 5.32 Å². The highest BCUT2D eigenvalue weighted by Gasteiger charge is 2.49. The van der Waals surface area contributed by atoms with Crippen molar-refractivity contribution >= 4 is 17.0 Å². The minimum absolute atomic E-state index is 0.0472. The average molecular weight is 342 g/mol. The van der Waals surface area contributed by atoms with Crippen LogP contribution in [0.25, 0.3) is 10.9 Å². The summed E-state index contributed by atoms with van der Waals surface area (Å²) >= 11 is 0. The van der Waals surface area contributed by atoms with Gasteiger partial charge in [-0.15, -0.1) is 0 Å². The lowest BCUT2D eigenvalue weighted by molar-refractivity contribution is -0.145. The van der Waals surface area contributed by atoms with Crippen LogP contribution in [0.15, 0.2) is 42.6 Å². The third kappa shape index (κ3) is 2.81. The van der Waals surface area contributed by atoms with Gasteiger partial charge < -0.3 is 24.5 Å². The summed E-state index contributed by atoms with van der Waals surface area (Å²) in [4.78, 5) is 15.2. The average Bonchev–Trinajstić information content (AvgIpc) is 3.14. The second-order valence-electron chi connectivity index (χ2n) is 6.93. The molecule has 1 aliphatic heterocycles. The molecule has 1 fully saturated rings. The second-order valence-corrected chi connectivity index (χ2v) is 6.93. The number of ether oxygens (including phenoxy) is 3. The Balaban J connectivity index is 1.75. The Hall–Kier alpha value is -2.31. The summed E-state index contributed by atoms with van der Waals surface area (Å²) in [5.41, 5.74) is 2.17. The molecule has 0 unspecified atom stereocenters. The Labute approximate surface area is 146 Å². The van der Waals surface area contributed by atoms with Gasteiger partial charge in [-0.2, -0.15) is 0 Å². The van der Waals surface area contributed by atoms with E-state index >= 15 is 0 Å². The quantitative estimate of drug-likeness (QED) is 0.823. The van der Waals surface area contributed by atoms with Crippen molar-refractivity contribution in [2.24, 2.45) is 0 Å². The van der Waals surface area contributed by atoms with Gasteiger partial charge >= 0.3 is 6.09 Å². The van der Waals surface area contributed by atoms with Gasteiger partial charge in [0.05, 0.1) is 13.2 Å². The molecule has 2 aromatic rings. The highest BCUT2D eigenvalue weighted by Crippen LogP contribution is 2.40. The highest BCUT2D eigenvalue weighted by molar-refractivity contribution is 5.84. The van der Waals surface area contributed by atoms with E-state index in [1.54, 1.807) is 0 Å². The number of fused-ring (bicyclic) bond motifs is 2. The third-order valence-corrected chi connectivity index (χ3v) is 4.86. The molecule has 0 spiro atoms. The van der Waals surface area contributed by atoms with E-state index < -0.39 is 11.9 Å². The molecule has 4 rings (SSSR count). The van der Waals surface area contributed by atoms with Crippen LogP contribution in [0, 0.1) is 0 Å². The number of amides is 1. The van der Waals surface area contributed by atoms with Crippen LogP contribution in [0.5, 0.6) is 0 Å².